The molecule has 3 amide bonds. The molecule has 2 heterocycles. The molecule has 33 heavy (non-hydrogen) atoms. The number of thioether (sulfide) groups is 1. The van der Waals surface area contributed by atoms with Crippen LogP contribution in [0, 0.1) is 0 Å². The molecule has 0 spiro atoms. The van der Waals surface area contributed by atoms with Crippen molar-refractivity contribution in [2.45, 2.75) is 6.54 Å². The van der Waals surface area contributed by atoms with Gasteiger partial charge in [-0.15, -0.1) is 0 Å². The Hall–Kier alpha value is -3.92. The van der Waals surface area contributed by atoms with E-state index in [1.807, 2.05) is 0 Å². The van der Waals surface area contributed by atoms with Crippen LogP contribution in [0.25, 0.3) is 17.0 Å². The Morgan fingerprint density at radius 3 is 2.64 bits per heavy atom. The molecule has 0 saturated carbocycles. The highest BCUT2D eigenvalue weighted by atomic mass is 32.2. The van der Waals surface area contributed by atoms with Crippen molar-refractivity contribution in [2.24, 2.45) is 0 Å². The fourth-order valence-corrected chi connectivity index (χ4v) is 4.15. The number of methoxy groups -OCH3 is 1. The lowest BCUT2D eigenvalue weighted by atomic mass is 10.2. The summed E-state index contributed by atoms with van der Waals surface area (Å²) >= 11 is 0.852. The molecule has 1 fully saturated rings. The molecule has 1 aliphatic rings. The maximum Gasteiger partial charge on any atom is 0.293 e. The highest BCUT2D eigenvalue weighted by molar-refractivity contribution is 8.18. The normalized spacial score (nSPS) is 14.8. The third-order valence-corrected chi connectivity index (χ3v) is 5.90. The number of benzene rings is 2. The Balaban J connectivity index is 1.33. The van der Waals surface area contributed by atoms with Crippen molar-refractivity contribution in [1.29, 1.82) is 0 Å². The first-order valence-electron chi connectivity index (χ1n) is 10.1. The molecule has 1 aromatic heterocycles. The van der Waals surface area contributed by atoms with Gasteiger partial charge >= 0.3 is 0 Å². The van der Waals surface area contributed by atoms with Crippen LogP contribution in [0.4, 0.5) is 4.79 Å². The summed E-state index contributed by atoms with van der Waals surface area (Å²) in [5.74, 6) is -0.141. The van der Waals surface area contributed by atoms with Crippen LogP contribution in [0.1, 0.15) is 5.56 Å². The molecular formula is C23H20N4O5S. The average Bonchev–Trinajstić information content (AvgIpc) is 3.09. The Labute approximate surface area is 193 Å². The van der Waals surface area contributed by atoms with E-state index >= 15 is 0 Å². The van der Waals surface area contributed by atoms with Gasteiger partial charge in [-0.3, -0.25) is 28.6 Å². The lowest BCUT2D eigenvalue weighted by Crippen LogP contribution is -2.39. The van der Waals surface area contributed by atoms with Gasteiger partial charge in [0.1, 0.15) is 12.3 Å². The average molecular weight is 465 g/mol. The quantitative estimate of drug-likeness (QED) is 0.534. The minimum atomic E-state index is -0.421. The number of para-hydroxylation sites is 1. The summed E-state index contributed by atoms with van der Waals surface area (Å²) in [4.78, 5) is 55.2. The number of carbonyl (C=O) groups is 3. The van der Waals surface area contributed by atoms with Crippen LogP contribution in [-0.4, -0.2) is 51.7 Å². The summed E-state index contributed by atoms with van der Waals surface area (Å²) in [5.41, 5.74) is 1.01. The number of ether oxygens (including phenoxy) is 1. The van der Waals surface area contributed by atoms with Crippen molar-refractivity contribution in [1.82, 2.24) is 19.8 Å². The van der Waals surface area contributed by atoms with E-state index in [1.54, 1.807) is 61.7 Å². The van der Waals surface area contributed by atoms with Gasteiger partial charge in [0.15, 0.2) is 0 Å². The predicted molar refractivity (Wildman–Crippen MR) is 125 cm³/mol. The zero-order chi connectivity index (χ0) is 23.4. The van der Waals surface area contributed by atoms with Gasteiger partial charge in [0.25, 0.3) is 16.7 Å². The van der Waals surface area contributed by atoms with Gasteiger partial charge in [-0.1, -0.05) is 24.3 Å². The van der Waals surface area contributed by atoms with Crippen LogP contribution in [0.2, 0.25) is 0 Å². The van der Waals surface area contributed by atoms with Crippen LogP contribution in [-0.2, 0) is 16.1 Å². The maximum absolute atomic E-state index is 12.6. The second-order valence-electron chi connectivity index (χ2n) is 7.15. The van der Waals surface area contributed by atoms with Crippen molar-refractivity contribution >= 4 is 45.8 Å². The summed E-state index contributed by atoms with van der Waals surface area (Å²) in [7, 11) is 1.57. The number of fused-ring (bicyclic) bond motifs is 1. The largest absolute Gasteiger partial charge is 0.497 e. The summed E-state index contributed by atoms with van der Waals surface area (Å²) in [6.07, 6.45) is 2.96. The zero-order valence-electron chi connectivity index (χ0n) is 17.7. The van der Waals surface area contributed by atoms with E-state index in [0.29, 0.717) is 21.6 Å². The molecule has 168 valence electrons. The second kappa shape index (κ2) is 9.70. The molecule has 0 aliphatic carbocycles. The molecule has 2 aromatic carbocycles. The Morgan fingerprint density at radius 1 is 1.12 bits per heavy atom. The highest BCUT2D eigenvalue weighted by Crippen LogP contribution is 2.32. The van der Waals surface area contributed by atoms with E-state index in [-0.39, 0.29) is 25.2 Å². The fraction of sp³-hybridized carbons (Fsp3) is 0.174. The summed E-state index contributed by atoms with van der Waals surface area (Å²) in [6.45, 7) is -0.111. The van der Waals surface area contributed by atoms with E-state index in [9.17, 15) is 19.2 Å². The van der Waals surface area contributed by atoms with Crippen LogP contribution in [0.3, 0.4) is 0 Å². The summed E-state index contributed by atoms with van der Waals surface area (Å²) < 4.78 is 6.33. The number of hydrogen-bond donors (Lipinski definition) is 1. The number of rotatable bonds is 7. The van der Waals surface area contributed by atoms with Crippen LogP contribution >= 0.6 is 11.8 Å². The first-order valence-corrected chi connectivity index (χ1v) is 10.9. The van der Waals surface area contributed by atoms with Crippen LogP contribution < -0.4 is 15.6 Å². The van der Waals surface area contributed by atoms with Gasteiger partial charge < -0.3 is 10.1 Å². The second-order valence-corrected chi connectivity index (χ2v) is 8.14. The van der Waals surface area contributed by atoms with E-state index in [2.05, 4.69) is 10.3 Å². The topological polar surface area (TPSA) is 111 Å². The molecule has 0 radical (unpaired) electrons. The van der Waals surface area contributed by atoms with E-state index in [4.69, 9.17) is 4.74 Å². The number of carbonyl (C=O) groups excluding carboxylic acids is 3. The summed E-state index contributed by atoms with van der Waals surface area (Å²) in [5, 5.41) is 2.66. The zero-order valence-corrected chi connectivity index (χ0v) is 18.5. The third kappa shape index (κ3) is 4.96. The molecule has 4 rings (SSSR count). The Kier molecular flexibility index (Phi) is 6.55. The minimum Gasteiger partial charge on any atom is -0.497 e. The minimum absolute atomic E-state index is 0.0290. The molecule has 1 saturated heterocycles. The van der Waals surface area contributed by atoms with Gasteiger partial charge in [-0.25, -0.2) is 4.98 Å². The molecular weight excluding hydrogens is 444 g/mol. The first kappa shape index (κ1) is 22.3. The SMILES string of the molecule is COc1ccc(/C=C2\SC(=O)N(CCNC(=O)Cn3cnc4ccccc4c3=O)C2=O)cc1. The fourth-order valence-electron chi connectivity index (χ4n) is 3.28. The van der Waals surface area contributed by atoms with Crippen molar-refractivity contribution in [3.05, 3.63) is 75.7 Å². The molecule has 1 aliphatic heterocycles. The van der Waals surface area contributed by atoms with Crippen molar-refractivity contribution in [3.8, 4) is 5.75 Å². The first-order chi connectivity index (χ1) is 16.0. The van der Waals surface area contributed by atoms with Gasteiger partial charge in [0.2, 0.25) is 5.91 Å². The summed E-state index contributed by atoms with van der Waals surface area (Å²) in [6, 6.07) is 14.0. The van der Waals surface area contributed by atoms with Crippen molar-refractivity contribution in [3.63, 3.8) is 0 Å². The van der Waals surface area contributed by atoms with E-state index in [0.717, 1.165) is 22.2 Å². The molecule has 0 bridgehead atoms. The smallest absolute Gasteiger partial charge is 0.293 e. The Morgan fingerprint density at radius 2 is 1.88 bits per heavy atom. The predicted octanol–water partition coefficient (Wildman–Crippen LogP) is 2.26. The lowest BCUT2D eigenvalue weighted by Gasteiger charge is -2.13. The number of nitrogens with zero attached hydrogens (tertiary/aromatic N) is 3. The van der Waals surface area contributed by atoms with E-state index < -0.39 is 17.1 Å². The highest BCUT2D eigenvalue weighted by Gasteiger charge is 2.34. The molecule has 0 unspecified atom stereocenters. The van der Waals surface area contributed by atoms with Crippen LogP contribution in [0.15, 0.2) is 64.6 Å². The maximum atomic E-state index is 12.6. The number of amides is 3. The number of aromatic nitrogens is 2. The standard InChI is InChI=1S/C23H20N4O5S/c1-32-16-8-6-15(7-9-16)12-19-22(30)27(23(31)33-19)11-10-24-20(28)13-26-14-25-18-5-3-2-4-17(18)21(26)29/h2-9,12,14H,10-11,13H2,1H3,(H,24,28)/b19-12-. The lowest BCUT2D eigenvalue weighted by molar-refractivity contribution is -0.124. The van der Waals surface area contributed by atoms with Gasteiger partial charge in [-0.05, 0) is 47.7 Å². The van der Waals surface area contributed by atoms with Gasteiger partial charge in [0.05, 0.1) is 29.2 Å². The third-order valence-electron chi connectivity index (χ3n) is 4.99. The van der Waals surface area contributed by atoms with Gasteiger partial charge in [0, 0.05) is 13.1 Å². The molecule has 0 atom stereocenters. The van der Waals surface area contributed by atoms with E-state index in [1.165, 1.54) is 10.9 Å². The Bertz CT molecular complexity index is 1320. The number of hydrogen-bond acceptors (Lipinski definition) is 7. The van der Waals surface area contributed by atoms with Crippen molar-refractivity contribution in [2.75, 3.05) is 20.2 Å². The molecule has 9 nitrogen and oxygen atoms in total. The monoisotopic (exact) mass is 464 g/mol. The number of imide groups is 1. The van der Waals surface area contributed by atoms with Gasteiger partial charge in [-0.2, -0.15) is 0 Å². The van der Waals surface area contributed by atoms with Crippen LogP contribution in [0.5, 0.6) is 5.75 Å². The number of nitrogens with one attached hydrogen (secondary N) is 1. The molecule has 1 N–H and O–H groups in total. The molecule has 10 heteroatoms. The van der Waals surface area contributed by atoms with Crippen molar-refractivity contribution < 1.29 is 19.1 Å². The molecule has 3 aromatic rings.